The van der Waals surface area contributed by atoms with Gasteiger partial charge in [-0.25, -0.2) is 0 Å². The Kier molecular flexibility index (Phi) is 6.83. The first-order chi connectivity index (χ1) is 11.1. The number of halogens is 1. The normalized spacial score (nSPS) is 10.9. The van der Waals surface area contributed by atoms with E-state index < -0.39 is 0 Å². The second-order valence-electron chi connectivity index (χ2n) is 4.68. The van der Waals surface area contributed by atoms with Gasteiger partial charge in [-0.15, -0.1) is 22.7 Å². The van der Waals surface area contributed by atoms with Crippen LogP contribution in [-0.2, 0) is 16.1 Å². The fraction of sp³-hybridized carbons (Fsp3) is 0.250. The van der Waals surface area contributed by atoms with E-state index in [-0.39, 0.29) is 18.4 Å². The Balaban J connectivity index is 1.84. The number of nitrogens with one attached hydrogen (secondary N) is 1. The number of hydrogen-bond donors (Lipinski definition) is 1. The third-order valence-corrected chi connectivity index (χ3v) is 5.12. The van der Waals surface area contributed by atoms with Crippen molar-refractivity contribution in [2.24, 2.45) is 0 Å². The fourth-order valence-corrected chi connectivity index (χ4v) is 3.46. The quantitative estimate of drug-likeness (QED) is 0.758. The summed E-state index contributed by atoms with van der Waals surface area (Å²) in [4.78, 5) is 27.6. The second-order valence-corrected chi connectivity index (χ2v) is 7.46. The molecule has 4 nitrogen and oxygen atoms in total. The van der Waals surface area contributed by atoms with E-state index in [2.05, 4.69) is 5.32 Å². The van der Waals surface area contributed by atoms with Crippen LogP contribution in [0.15, 0.2) is 35.7 Å². The van der Waals surface area contributed by atoms with Crippen LogP contribution < -0.4 is 5.32 Å². The molecule has 0 aliphatic heterocycles. The van der Waals surface area contributed by atoms with Crippen LogP contribution in [0.4, 0.5) is 0 Å². The lowest BCUT2D eigenvalue weighted by Crippen LogP contribution is -2.39. The van der Waals surface area contributed by atoms with Crippen LogP contribution in [0.2, 0.25) is 4.34 Å². The zero-order valence-electron chi connectivity index (χ0n) is 12.6. The number of rotatable bonds is 7. The smallest absolute Gasteiger partial charge is 0.247 e. The molecule has 2 amide bonds. The van der Waals surface area contributed by atoms with Crippen molar-refractivity contribution in [1.29, 1.82) is 0 Å². The number of nitrogens with zero attached hydrogens (tertiary/aromatic N) is 1. The molecule has 0 unspecified atom stereocenters. The van der Waals surface area contributed by atoms with Crippen molar-refractivity contribution in [3.8, 4) is 0 Å². The molecule has 0 saturated carbocycles. The van der Waals surface area contributed by atoms with E-state index in [1.807, 2.05) is 30.5 Å². The van der Waals surface area contributed by atoms with E-state index in [9.17, 15) is 9.59 Å². The number of thiophene rings is 2. The lowest BCUT2D eigenvalue weighted by Gasteiger charge is -2.18. The SMILES string of the molecule is CCN(CC(=O)NCc1cccs1)C(=O)/C=C/c1ccc(Cl)s1. The molecule has 2 aromatic rings. The molecule has 0 aliphatic carbocycles. The van der Waals surface area contributed by atoms with Gasteiger partial charge in [-0.3, -0.25) is 9.59 Å². The molecule has 0 aromatic carbocycles. The summed E-state index contributed by atoms with van der Waals surface area (Å²) in [6.45, 7) is 2.86. The van der Waals surface area contributed by atoms with Gasteiger partial charge in [0.05, 0.1) is 17.4 Å². The number of amides is 2. The summed E-state index contributed by atoms with van der Waals surface area (Å²) < 4.78 is 0.678. The molecule has 0 saturated heterocycles. The minimum Gasteiger partial charge on any atom is -0.350 e. The van der Waals surface area contributed by atoms with Crippen molar-refractivity contribution in [2.75, 3.05) is 13.1 Å². The van der Waals surface area contributed by atoms with Crippen LogP contribution in [-0.4, -0.2) is 29.8 Å². The average molecular weight is 369 g/mol. The topological polar surface area (TPSA) is 49.4 Å². The highest BCUT2D eigenvalue weighted by Gasteiger charge is 2.13. The molecular formula is C16H17ClN2O2S2. The fourth-order valence-electron chi connectivity index (χ4n) is 1.85. The third kappa shape index (κ3) is 5.82. The van der Waals surface area contributed by atoms with Gasteiger partial charge in [0, 0.05) is 22.4 Å². The van der Waals surface area contributed by atoms with E-state index in [1.54, 1.807) is 23.5 Å². The molecule has 0 fully saturated rings. The first-order valence-electron chi connectivity index (χ1n) is 7.10. The van der Waals surface area contributed by atoms with Gasteiger partial charge in [0.25, 0.3) is 0 Å². The molecule has 23 heavy (non-hydrogen) atoms. The molecule has 2 aromatic heterocycles. The van der Waals surface area contributed by atoms with Gasteiger partial charge in [-0.05, 0) is 36.6 Å². The van der Waals surface area contributed by atoms with E-state index in [4.69, 9.17) is 11.6 Å². The lowest BCUT2D eigenvalue weighted by atomic mass is 10.3. The minimum atomic E-state index is -0.191. The van der Waals surface area contributed by atoms with Crippen LogP contribution in [0, 0.1) is 0 Å². The van der Waals surface area contributed by atoms with Crippen LogP contribution in [0.3, 0.4) is 0 Å². The molecule has 2 heterocycles. The lowest BCUT2D eigenvalue weighted by molar-refractivity contribution is -0.132. The molecule has 0 spiro atoms. The highest BCUT2D eigenvalue weighted by molar-refractivity contribution is 7.17. The molecular weight excluding hydrogens is 352 g/mol. The van der Waals surface area contributed by atoms with Crippen LogP contribution in [0.5, 0.6) is 0 Å². The van der Waals surface area contributed by atoms with Crippen molar-refractivity contribution in [2.45, 2.75) is 13.5 Å². The summed E-state index contributed by atoms with van der Waals surface area (Å²) in [5.41, 5.74) is 0. The van der Waals surface area contributed by atoms with Gasteiger partial charge in [-0.1, -0.05) is 17.7 Å². The van der Waals surface area contributed by atoms with E-state index in [1.165, 1.54) is 22.3 Å². The van der Waals surface area contributed by atoms with Crippen molar-refractivity contribution in [1.82, 2.24) is 10.2 Å². The third-order valence-electron chi connectivity index (χ3n) is 3.05. The first-order valence-corrected chi connectivity index (χ1v) is 9.17. The Morgan fingerprint density at radius 2 is 2.17 bits per heavy atom. The van der Waals surface area contributed by atoms with Crippen LogP contribution >= 0.6 is 34.3 Å². The largest absolute Gasteiger partial charge is 0.350 e. The maximum atomic E-state index is 12.2. The van der Waals surface area contributed by atoms with E-state index in [0.717, 1.165) is 9.75 Å². The predicted molar refractivity (Wildman–Crippen MR) is 96.8 cm³/mol. The van der Waals surface area contributed by atoms with Gasteiger partial charge in [0.2, 0.25) is 11.8 Å². The standard InChI is InChI=1S/C16H17ClN2O2S2/c1-2-19(11-15(20)18-10-13-4-3-9-22-13)16(21)8-6-12-5-7-14(17)23-12/h3-9H,2,10-11H2,1H3,(H,18,20)/b8-6+. The summed E-state index contributed by atoms with van der Waals surface area (Å²) in [6, 6.07) is 7.53. The number of hydrogen-bond acceptors (Lipinski definition) is 4. The Bertz CT molecular complexity index is 680. The van der Waals surface area contributed by atoms with E-state index >= 15 is 0 Å². The summed E-state index contributed by atoms with van der Waals surface area (Å²) in [6.07, 6.45) is 3.18. The number of likely N-dealkylation sites (N-methyl/N-ethyl adjacent to an activating group) is 1. The minimum absolute atomic E-state index is 0.0518. The van der Waals surface area contributed by atoms with E-state index in [0.29, 0.717) is 17.4 Å². The summed E-state index contributed by atoms with van der Waals surface area (Å²) in [7, 11) is 0. The van der Waals surface area contributed by atoms with Crippen molar-refractivity contribution in [3.05, 3.63) is 49.8 Å². The Morgan fingerprint density at radius 1 is 1.35 bits per heavy atom. The highest BCUT2D eigenvalue weighted by Crippen LogP contribution is 2.22. The van der Waals surface area contributed by atoms with Crippen molar-refractivity contribution in [3.63, 3.8) is 0 Å². The van der Waals surface area contributed by atoms with Gasteiger partial charge in [-0.2, -0.15) is 0 Å². The van der Waals surface area contributed by atoms with Crippen LogP contribution in [0.1, 0.15) is 16.7 Å². The summed E-state index contributed by atoms with van der Waals surface area (Å²) in [5, 5.41) is 4.78. The second kappa shape index (κ2) is 8.86. The summed E-state index contributed by atoms with van der Waals surface area (Å²) in [5.74, 6) is -0.357. The first kappa shape index (κ1) is 17.7. The number of carbonyl (C=O) groups is 2. The zero-order valence-corrected chi connectivity index (χ0v) is 15.0. The molecule has 0 aliphatic rings. The Morgan fingerprint density at radius 3 is 2.78 bits per heavy atom. The predicted octanol–water partition coefficient (Wildman–Crippen LogP) is 3.64. The Hall–Kier alpha value is -1.63. The molecule has 0 radical (unpaired) electrons. The van der Waals surface area contributed by atoms with Gasteiger partial charge in [0.1, 0.15) is 0 Å². The van der Waals surface area contributed by atoms with Crippen molar-refractivity contribution >= 4 is 52.2 Å². The highest BCUT2D eigenvalue weighted by atomic mass is 35.5. The maximum Gasteiger partial charge on any atom is 0.247 e. The van der Waals surface area contributed by atoms with Gasteiger partial charge in [0.15, 0.2) is 0 Å². The van der Waals surface area contributed by atoms with Gasteiger partial charge >= 0.3 is 0 Å². The van der Waals surface area contributed by atoms with Crippen LogP contribution in [0.25, 0.3) is 6.08 Å². The maximum absolute atomic E-state index is 12.2. The summed E-state index contributed by atoms with van der Waals surface area (Å²) >= 11 is 8.84. The molecule has 2 rings (SSSR count). The molecule has 1 N–H and O–H groups in total. The molecule has 0 bridgehead atoms. The Labute approximate surface area is 148 Å². The number of carbonyl (C=O) groups excluding carboxylic acids is 2. The molecule has 0 atom stereocenters. The van der Waals surface area contributed by atoms with Gasteiger partial charge < -0.3 is 10.2 Å². The average Bonchev–Trinajstić information content (AvgIpc) is 3.19. The monoisotopic (exact) mass is 368 g/mol. The molecule has 7 heteroatoms. The van der Waals surface area contributed by atoms with Crippen molar-refractivity contribution < 1.29 is 9.59 Å². The molecule has 122 valence electrons. The zero-order chi connectivity index (χ0) is 16.7.